The zero-order chi connectivity index (χ0) is 21.5. The van der Waals surface area contributed by atoms with E-state index in [2.05, 4.69) is 110 Å². The third kappa shape index (κ3) is 3.09. The van der Waals surface area contributed by atoms with Gasteiger partial charge in [-0.05, 0) is 57.7 Å². The highest BCUT2D eigenvalue weighted by atomic mass is 16.5. The van der Waals surface area contributed by atoms with Crippen molar-refractivity contribution in [3.8, 4) is 16.9 Å². The summed E-state index contributed by atoms with van der Waals surface area (Å²) < 4.78 is 6.78. The summed E-state index contributed by atoms with van der Waals surface area (Å²) >= 11 is 0. The first-order valence-corrected chi connectivity index (χ1v) is 11.2. The van der Waals surface area contributed by atoms with Crippen LogP contribution in [-0.2, 0) is 0 Å². The topological polar surface area (TPSA) is 9.23 Å². The van der Waals surface area contributed by atoms with Crippen LogP contribution in [0.25, 0.3) is 38.7 Å². The predicted octanol–water partition coefficient (Wildman–Crippen LogP) is 8.27. The average molecular weight is 413 g/mol. The van der Waals surface area contributed by atoms with Gasteiger partial charge in [0.15, 0.2) is 0 Å². The van der Waals surface area contributed by atoms with E-state index in [9.17, 15) is 0 Å². The molecule has 1 heterocycles. The number of allylic oxidation sites excluding steroid dienone is 4. The lowest BCUT2D eigenvalue weighted by molar-refractivity contribution is 0.228. The quantitative estimate of drug-likeness (QED) is 0.286. The lowest BCUT2D eigenvalue weighted by atomic mass is 9.88. The lowest BCUT2D eigenvalue weighted by Gasteiger charge is -2.29. The maximum Gasteiger partial charge on any atom is 0.135 e. The van der Waals surface area contributed by atoms with Gasteiger partial charge in [0.1, 0.15) is 11.9 Å². The van der Waals surface area contributed by atoms with Gasteiger partial charge in [-0.15, -0.1) is 0 Å². The molecule has 1 aliphatic carbocycles. The van der Waals surface area contributed by atoms with Crippen LogP contribution in [0.5, 0.6) is 5.75 Å². The Bertz CT molecular complexity index is 1410. The fraction of sp³-hybridized carbons (Fsp3) is 0.0968. The summed E-state index contributed by atoms with van der Waals surface area (Å²) in [4.78, 5) is 0. The molecule has 1 heteroatoms. The SMILES string of the molecule is C=C1/C=C\C=C/CC[C@@H]2Oc3c(cccc3-c3c4ccccc4cc4ccccc34)C=C12. The van der Waals surface area contributed by atoms with E-state index in [0.717, 1.165) is 35.3 Å². The molecule has 4 aromatic carbocycles. The van der Waals surface area contributed by atoms with Gasteiger partial charge in [0.2, 0.25) is 0 Å². The molecule has 0 saturated carbocycles. The van der Waals surface area contributed by atoms with Gasteiger partial charge >= 0.3 is 0 Å². The van der Waals surface area contributed by atoms with E-state index < -0.39 is 0 Å². The van der Waals surface area contributed by atoms with Crippen molar-refractivity contribution in [3.63, 3.8) is 0 Å². The van der Waals surface area contributed by atoms with Crippen molar-refractivity contribution in [2.75, 3.05) is 0 Å². The largest absolute Gasteiger partial charge is 0.484 e. The lowest BCUT2D eigenvalue weighted by Crippen LogP contribution is -2.23. The molecular formula is C31H24O. The van der Waals surface area contributed by atoms with Gasteiger partial charge in [0, 0.05) is 16.7 Å². The van der Waals surface area contributed by atoms with Crippen LogP contribution in [0.2, 0.25) is 0 Å². The van der Waals surface area contributed by atoms with E-state index in [1.54, 1.807) is 0 Å². The highest BCUT2D eigenvalue weighted by molar-refractivity contribution is 6.13. The Morgan fingerprint density at radius 2 is 1.56 bits per heavy atom. The summed E-state index contributed by atoms with van der Waals surface area (Å²) in [6.07, 6.45) is 12.7. The Labute approximate surface area is 188 Å². The van der Waals surface area contributed by atoms with Crippen LogP contribution < -0.4 is 4.74 Å². The maximum atomic E-state index is 6.78. The van der Waals surface area contributed by atoms with E-state index in [0.29, 0.717) is 0 Å². The van der Waals surface area contributed by atoms with Crippen molar-refractivity contribution in [3.05, 3.63) is 120 Å². The molecule has 0 bridgehead atoms. The summed E-state index contributed by atoms with van der Waals surface area (Å²) in [5.41, 5.74) is 5.72. The van der Waals surface area contributed by atoms with Gasteiger partial charge in [-0.3, -0.25) is 0 Å². The fourth-order valence-electron chi connectivity index (χ4n) is 4.97. The highest BCUT2D eigenvalue weighted by Gasteiger charge is 2.26. The number of hydrogen-bond donors (Lipinski definition) is 0. The van der Waals surface area contributed by atoms with Crippen LogP contribution in [-0.4, -0.2) is 6.10 Å². The molecule has 0 unspecified atom stereocenters. The standard InChI is InChI=1S/C31H24O/c1-21-11-4-2-3-5-18-29-28(21)20-24-14-10-17-27(31(24)32-29)30-25-15-8-6-12-22(25)19-23-13-7-9-16-26(23)30/h2-4,6-17,19-20,29H,1,5,18H2/b3-2-,11-4-/t29-/m0/s1. The second-order valence-electron chi connectivity index (χ2n) is 8.51. The molecule has 2 aliphatic rings. The van der Waals surface area contributed by atoms with Crippen LogP contribution >= 0.6 is 0 Å². The van der Waals surface area contributed by atoms with Gasteiger partial charge in [-0.25, -0.2) is 0 Å². The molecule has 6 rings (SSSR count). The molecular weight excluding hydrogens is 388 g/mol. The number of ether oxygens (including phenoxy) is 1. The molecule has 1 aliphatic heterocycles. The highest BCUT2D eigenvalue weighted by Crippen LogP contribution is 2.45. The normalized spacial score (nSPS) is 19.7. The molecule has 1 atom stereocenters. The first-order chi connectivity index (χ1) is 15.8. The van der Waals surface area contributed by atoms with Gasteiger partial charge in [0.05, 0.1) is 0 Å². The molecule has 154 valence electrons. The summed E-state index contributed by atoms with van der Waals surface area (Å²) in [5.74, 6) is 0.975. The molecule has 0 N–H and O–H groups in total. The van der Waals surface area contributed by atoms with E-state index in [1.807, 2.05) is 0 Å². The Balaban J connectivity index is 1.62. The molecule has 32 heavy (non-hydrogen) atoms. The molecule has 0 amide bonds. The Morgan fingerprint density at radius 1 is 0.812 bits per heavy atom. The number of rotatable bonds is 1. The minimum atomic E-state index is 0.00444. The van der Waals surface area contributed by atoms with Crippen molar-refractivity contribution in [2.45, 2.75) is 18.9 Å². The Morgan fingerprint density at radius 3 is 2.34 bits per heavy atom. The fourth-order valence-corrected chi connectivity index (χ4v) is 4.97. The molecule has 0 saturated heterocycles. The zero-order valence-corrected chi connectivity index (χ0v) is 17.9. The second kappa shape index (κ2) is 7.69. The molecule has 4 aromatic rings. The number of fused-ring (bicyclic) bond motifs is 4. The molecule has 1 nitrogen and oxygen atoms in total. The molecule has 0 radical (unpaired) electrons. The van der Waals surface area contributed by atoms with Crippen LogP contribution in [0, 0.1) is 0 Å². The first-order valence-electron chi connectivity index (χ1n) is 11.2. The summed E-state index contributed by atoms with van der Waals surface area (Å²) in [7, 11) is 0. The van der Waals surface area contributed by atoms with Gasteiger partial charge in [-0.1, -0.05) is 97.6 Å². The molecule has 0 fully saturated rings. The van der Waals surface area contributed by atoms with Crippen LogP contribution in [0.3, 0.4) is 0 Å². The smallest absolute Gasteiger partial charge is 0.135 e. The van der Waals surface area contributed by atoms with E-state index >= 15 is 0 Å². The second-order valence-corrected chi connectivity index (χ2v) is 8.51. The molecule has 0 aromatic heterocycles. The van der Waals surface area contributed by atoms with Crippen LogP contribution in [0.4, 0.5) is 0 Å². The summed E-state index contributed by atoms with van der Waals surface area (Å²) in [5, 5.41) is 5.00. The van der Waals surface area contributed by atoms with Crippen molar-refractivity contribution >= 4 is 27.6 Å². The minimum absolute atomic E-state index is 0.00444. The average Bonchev–Trinajstić information content (AvgIpc) is 2.91. The van der Waals surface area contributed by atoms with Crippen LogP contribution in [0.15, 0.2) is 115 Å². The Kier molecular flexibility index (Phi) is 4.54. The van der Waals surface area contributed by atoms with Gasteiger partial charge in [-0.2, -0.15) is 0 Å². The first kappa shape index (κ1) is 18.9. The summed E-state index contributed by atoms with van der Waals surface area (Å²) in [6, 6.07) is 26.1. The van der Waals surface area contributed by atoms with Crippen molar-refractivity contribution in [1.29, 1.82) is 0 Å². The van der Waals surface area contributed by atoms with Crippen molar-refractivity contribution < 1.29 is 4.74 Å². The van der Waals surface area contributed by atoms with E-state index in [4.69, 9.17) is 4.74 Å². The molecule has 0 spiro atoms. The van der Waals surface area contributed by atoms with E-state index in [1.165, 1.54) is 32.7 Å². The minimum Gasteiger partial charge on any atom is -0.484 e. The van der Waals surface area contributed by atoms with Crippen molar-refractivity contribution in [2.24, 2.45) is 0 Å². The monoisotopic (exact) mass is 412 g/mol. The zero-order valence-electron chi connectivity index (χ0n) is 17.9. The number of benzene rings is 4. The third-order valence-electron chi connectivity index (χ3n) is 6.51. The van der Waals surface area contributed by atoms with Crippen LogP contribution in [0.1, 0.15) is 18.4 Å². The van der Waals surface area contributed by atoms with Crippen molar-refractivity contribution in [1.82, 2.24) is 0 Å². The van der Waals surface area contributed by atoms with Gasteiger partial charge < -0.3 is 4.74 Å². The number of hydrogen-bond acceptors (Lipinski definition) is 1. The van der Waals surface area contributed by atoms with Gasteiger partial charge in [0.25, 0.3) is 0 Å². The predicted molar refractivity (Wildman–Crippen MR) is 136 cm³/mol. The van der Waals surface area contributed by atoms with E-state index in [-0.39, 0.29) is 6.10 Å². The third-order valence-corrected chi connectivity index (χ3v) is 6.51. The maximum absolute atomic E-state index is 6.78. The Hall–Kier alpha value is -3.84. The summed E-state index contributed by atoms with van der Waals surface area (Å²) in [6.45, 7) is 4.31. The number of para-hydroxylation sites is 1.